The minimum atomic E-state index is -1.47. The molecule has 0 bridgehead atoms. The summed E-state index contributed by atoms with van der Waals surface area (Å²) in [5.74, 6) is 1.30. The standard InChI is InChI=1S/C28H29PSi/c1-30(2,22-24-14-6-3-7-15-24)23-29(26-18-10-5-11-19-26)28-21-13-12-20-27(28)25-16-8-4-9-17-25/h3-21H,22-23H2,1-2H3. The van der Waals surface area contributed by atoms with Crippen molar-refractivity contribution in [2.45, 2.75) is 19.1 Å². The van der Waals surface area contributed by atoms with Crippen molar-refractivity contribution in [3.05, 3.63) is 121 Å². The van der Waals surface area contributed by atoms with Crippen molar-refractivity contribution in [3.8, 4) is 11.1 Å². The summed E-state index contributed by atoms with van der Waals surface area (Å²) in [4.78, 5) is 0. The maximum Gasteiger partial charge on any atom is 0.0566 e. The fraction of sp³-hybridized carbons (Fsp3) is 0.143. The Morgan fingerprint density at radius 1 is 0.600 bits per heavy atom. The van der Waals surface area contributed by atoms with E-state index in [9.17, 15) is 0 Å². The monoisotopic (exact) mass is 424 g/mol. The van der Waals surface area contributed by atoms with Gasteiger partial charge in [0, 0.05) is 0 Å². The first-order chi connectivity index (χ1) is 14.6. The minimum Gasteiger partial charge on any atom is -0.0688 e. The van der Waals surface area contributed by atoms with Crippen LogP contribution in [0.2, 0.25) is 13.1 Å². The molecule has 4 aromatic rings. The van der Waals surface area contributed by atoms with Crippen molar-refractivity contribution in [3.63, 3.8) is 0 Å². The molecule has 2 heteroatoms. The molecular formula is C28H29PSi. The van der Waals surface area contributed by atoms with Gasteiger partial charge in [-0.25, -0.2) is 0 Å². The highest BCUT2D eigenvalue weighted by molar-refractivity contribution is 7.75. The zero-order chi connectivity index (χ0) is 20.8. The lowest BCUT2D eigenvalue weighted by atomic mass is 10.1. The molecule has 0 radical (unpaired) electrons. The van der Waals surface area contributed by atoms with E-state index >= 15 is 0 Å². The minimum absolute atomic E-state index is 0.418. The summed E-state index contributed by atoms with van der Waals surface area (Å²) in [5.41, 5.74) is 4.19. The molecule has 150 valence electrons. The van der Waals surface area contributed by atoms with Crippen LogP contribution >= 0.6 is 7.92 Å². The first-order valence-corrected chi connectivity index (χ1v) is 15.6. The molecule has 1 atom stereocenters. The number of rotatable bonds is 7. The van der Waals surface area contributed by atoms with Gasteiger partial charge >= 0.3 is 0 Å². The van der Waals surface area contributed by atoms with E-state index in [4.69, 9.17) is 0 Å². The zero-order valence-electron chi connectivity index (χ0n) is 17.8. The fourth-order valence-corrected chi connectivity index (χ4v) is 12.3. The van der Waals surface area contributed by atoms with Gasteiger partial charge in [-0.3, -0.25) is 0 Å². The van der Waals surface area contributed by atoms with E-state index in [0.717, 1.165) is 0 Å². The summed E-state index contributed by atoms with van der Waals surface area (Å²) >= 11 is 0. The SMILES string of the molecule is C[Si](C)(Cc1ccccc1)CP(c1ccccc1)c1ccccc1-c1ccccc1. The Balaban J connectivity index is 1.74. The quantitative estimate of drug-likeness (QED) is 0.226. The average Bonchev–Trinajstić information content (AvgIpc) is 2.79. The second kappa shape index (κ2) is 9.56. The second-order valence-electron chi connectivity index (χ2n) is 8.63. The first kappa shape index (κ1) is 20.8. The van der Waals surface area contributed by atoms with E-state index in [1.807, 2.05) is 0 Å². The Kier molecular flexibility index (Phi) is 6.62. The van der Waals surface area contributed by atoms with Gasteiger partial charge in [-0.15, -0.1) is 0 Å². The summed E-state index contributed by atoms with van der Waals surface area (Å²) in [6.07, 6.45) is 0. The molecule has 0 aliphatic carbocycles. The smallest absolute Gasteiger partial charge is 0.0566 e. The van der Waals surface area contributed by atoms with E-state index < -0.39 is 16.0 Å². The van der Waals surface area contributed by atoms with Crippen LogP contribution in [0.1, 0.15) is 5.56 Å². The molecule has 0 nitrogen and oxygen atoms in total. The van der Waals surface area contributed by atoms with Crippen molar-refractivity contribution in [2.24, 2.45) is 0 Å². The van der Waals surface area contributed by atoms with Gasteiger partial charge in [-0.1, -0.05) is 134 Å². The first-order valence-electron chi connectivity index (χ1n) is 10.6. The van der Waals surface area contributed by atoms with Crippen LogP contribution in [0.25, 0.3) is 11.1 Å². The predicted molar refractivity (Wildman–Crippen MR) is 137 cm³/mol. The normalized spacial score (nSPS) is 12.5. The molecule has 30 heavy (non-hydrogen) atoms. The molecule has 0 N–H and O–H groups in total. The van der Waals surface area contributed by atoms with Gasteiger partial charge in [-0.05, 0) is 41.5 Å². The van der Waals surface area contributed by atoms with Crippen LogP contribution in [0.4, 0.5) is 0 Å². The molecule has 0 fully saturated rings. The van der Waals surface area contributed by atoms with E-state index in [1.165, 1.54) is 39.1 Å². The van der Waals surface area contributed by atoms with E-state index in [-0.39, 0.29) is 0 Å². The Bertz CT molecular complexity index is 1060. The van der Waals surface area contributed by atoms with E-state index in [1.54, 1.807) is 0 Å². The Hall–Kier alpha value is -2.47. The van der Waals surface area contributed by atoms with Crippen molar-refractivity contribution < 1.29 is 0 Å². The van der Waals surface area contributed by atoms with Crippen molar-refractivity contribution in [1.82, 2.24) is 0 Å². The lowest BCUT2D eigenvalue weighted by Crippen LogP contribution is -2.37. The topological polar surface area (TPSA) is 0 Å². The Morgan fingerprint density at radius 2 is 1.13 bits per heavy atom. The zero-order valence-corrected chi connectivity index (χ0v) is 19.7. The van der Waals surface area contributed by atoms with Crippen molar-refractivity contribution in [1.29, 1.82) is 0 Å². The Morgan fingerprint density at radius 3 is 1.80 bits per heavy atom. The molecule has 0 aromatic heterocycles. The van der Waals surface area contributed by atoms with Crippen LogP contribution in [-0.4, -0.2) is 13.9 Å². The highest BCUT2D eigenvalue weighted by atomic mass is 31.1. The maximum atomic E-state index is 2.56. The number of benzene rings is 4. The molecule has 0 aliphatic heterocycles. The molecule has 0 saturated heterocycles. The second-order valence-corrected chi connectivity index (χ2v) is 16.4. The summed E-state index contributed by atoms with van der Waals surface area (Å²) in [7, 11) is -1.89. The van der Waals surface area contributed by atoms with Crippen LogP contribution in [0, 0.1) is 0 Å². The van der Waals surface area contributed by atoms with Crippen LogP contribution in [0.5, 0.6) is 0 Å². The fourth-order valence-electron chi connectivity index (χ4n) is 4.13. The summed E-state index contributed by atoms with van der Waals surface area (Å²) in [5, 5.41) is 3.00. The highest BCUT2D eigenvalue weighted by Crippen LogP contribution is 2.40. The summed E-state index contributed by atoms with van der Waals surface area (Å²) in [6, 6.07) is 43.4. The van der Waals surface area contributed by atoms with E-state index in [2.05, 4.69) is 128 Å². The molecule has 0 heterocycles. The third-order valence-corrected chi connectivity index (χ3v) is 13.4. The van der Waals surface area contributed by atoms with Gasteiger partial charge in [-0.2, -0.15) is 0 Å². The predicted octanol–water partition coefficient (Wildman–Crippen LogP) is 6.82. The highest BCUT2D eigenvalue weighted by Gasteiger charge is 2.29. The average molecular weight is 425 g/mol. The van der Waals surface area contributed by atoms with Gasteiger partial charge in [0.15, 0.2) is 0 Å². The molecule has 4 rings (SSSR count). The largest absolute Gasteiger partial charge is 0.0688 e. The lowest BCUT2D eigenvalue weighted by Gasteiger charge is -2.30. The van der Waals surface area contributed by atoms with E-state index in [0.29, 0.717) is 0 Å². The van der Waals surface area contributed by atoms with Crippen LogP contribution < -0.4 is 10.6 Å². The van der Waals surface area contributed by atoms with Crippen LogP contribution in [-0.2, 0) is 6.04 Å². The maximum absolute atomic E-state index is 2.56. The van der Waals surface area contributed by atoms with Crippen molar-refractivity contribution >= 4 is 26.6 Å². The van der Waals surface area contributed by atoms with Crippen molar-refractivity contribution in [2.75, 3.05) is 5.79 Å². The van der Waals surface area contributed by atoms with Gasteiger partial charge in [0.25, 0.3) is 0 Å². The van der Waals surface area contributed by atoms with Gasteiger partial charge < -0.3 is 0 Å². The number of hydrogen-bond donors (Lipinski definition) is 0. The molecule has 4 aromatic carbocycles. The lowest BCUT2D eigenvalue weighted by molar-refractivity contribution is 1.30. The van der Waals surface area contributed by atoms with Gasteiger partial charge in [0.1, 0.15) is 0 Å². The molecule has 0 aliphatic rings. The third kappa shape index (κ3) is 5.16. The van der Waals surface area contributed by atoms with Gasteiger partial charge in [0.2, 0.25) is 0 Å². The molecule has 1 unspecified atom stereocenters. The van der Waals surface area contributed by atoms with Crippen LogP contribution in [0.3, 0.4) is 0 Å². The molecular weight excluding hydrogens is 395 g/mol. The molecule has 0 spiro atoms. The summed E-state index contributed by atoms with van der Waals surface area (Å²) < 4.78 is 0. The van der Waals surface area contributed by atoms with Gasteiger partial charge in [0.05, 0.1) is 8.07 Å². The number of hydrogen-bond acceptors (Lipinski definition) is 0. The van der Waals surface area contributed by atoms with Crippen LogP contribution in [0.15, 0.2) is 115 Å². The molecule has 0 saturated carbocycles. The molecule has 0 amide bonds. The summed E-state index contributed by atoms with van der Waals surface area (Å²) in [6.45, 7) is 5.12. The third-order valence-electron chi connectivity index (χ3n) is 5.46. The Labute approximate surface area is 183 Å².